The molecule has 0 spiro atoms. The molecule has 1 aliphatic carbocycles. The molecule has 0 saturated carbocycles. The molecule has 0 unspecified atom stereocenters. The Morgan fingerprint density at radius 2 is 1.93 bits per heavy atom. The van der Waals surface area contributed by atoms with Crippen LogP contribution in [-0.2, 0) is 0 Å². The largest absolute Gasteiger partial charge is 0.762 e. The van der Waals surface area contributed by atoms with Crippen molar-refractivity contribution in [1.29, 1.82) is 5.26 Å². The van der Waals surface area contributed by atoms with Crippen molar-refractivity contribution in [3.63, 3.8) is 0 Å². The van der Waals surface area contributed by atoms with Crippen molar-refractivity contribution in [2.75, 3.05) is 0 Å². The molecule has 1 aliphatic rings. The van der Waals surface area contributed by atoms with Crippen LogP contribution in [0.5, 0.6) is 0 Å². The molecule has 1 aromatic carbocycles. The van der Waals surface area contributed by atoms with Gasteiger partial charge in [0, 0.05) is 11.1 Å². The first-order valence-corrected chi connectivity index (χ1v) is 4.31. The average Bonchev–Trinajstić information content (AvgIpc) is 2.60. The van der Waals surface area contributed by atoms with Crippen LogP contribution in [0.2, 0.25) is 0 Å². The zero-order valence-corrected chi connectivity index (χ0v) is 7.69. The molecular formula is C12H5N2O-. The molecule has 15 heavy (non-hydrogen) atoms. The van der Waals surface area contributed by atoms with E-state index in [2.05, 4.69) is 0 Å². The van der Waals surface area contributed by atoms with Crippen LogP contribution in [0.25, 0.3) is 11.0 Å². The molecule has 3 heteroatoms. The molecule has 1 aromatic rings. The first-order chi connectivity index (χ1) is 7.27. The fourth-order valence-corrected chi connectivity index (χ4v) is 1.57. The summed E-state index contributed by atoms with van der Waals surface area (Å²) >= 11 is 0. The van der Waals surface area contributed by atoms with Crippen LogP contribution in [0.4, 0.5) is 0 Å². The van der Waals surface area contributed by atoms with E-state index >= 15 is 0 Å². The molecule has 0 heterocycles. The second kappa shape index (κ2) is 3.38. The highest BCUT2D eigenvalue weighted by Gasteiger charge is 2.21. The Morgan fingerprint density at radius 1 is 1.27 bits per heavy atom. The SMILES string of the molecule is N#CC(=C=[N-])C1=CC(=O)c2ccccc21. The first kappa shape index (κ1) is 9.14. The zero-order chi connectivity index (χ0) is 10.8. The molecule has 0 radical (unpaired) electrons. The van der Waals surface area contributed by atoms with E-state index in [9.17, 15) is 4.79 Å². The molecule has 0 fully saturated rings. The summed E-state index contributed by atoms with van der Waals surface area (Å²) in [6, 6.07) is 8.75. The van der Waals surface area contributed by atoms with Gasteiger partial charge in [0.25, 0.3) is 0 Å². The average molecular weight is 193 g/mol. The van der Waals surface area contributed by atoms with Crippen LogP contribution >= 0.6 is 0 Å². The Balaban J connectivity index is 2.66. The summed E-state index contributed by atoms with van der Waals surface area (Å²) in [4.78, 5) is 11.5. The predicted molar refractivity (Wildman–Crippen MR) is 56.2 cm³/mol. The highest BCUT2D eigenvalue weighted by Crippen LogP contribution is 2.30. The lowest BCUT2D eigenvalue weighted by molar-refractivity contribution is 0.105. The molecule has 0 aliphatic heterocycles. The molecule has 0 N–H and O–H groups in total. The van der Waals surface area contributed by atoms with E-state index in [-0.39, 0.29) is 11.4 Å². The smallest absolute Gasteiger partial charge is 0.187 e. The van der Waals surface area contributed by atoms with Gasteiger partial charge in [0.2, 0.25) is 0 Å². The van der Waals surface area contributed by atoms with Gasteiger partial charge in [0.05, 0.1) is 5.57 Å². The molecule has 0 saturated heterocycles. The predicted octanol–water partition coefficient (Wildman–Crippen LogP) is 1.96. The minimum atomic E-state index is -0.149. The summed E-state index contributed by atoms with van der Waals surface area (Å²) in [7, 11) is 0. The molecule has 3 nitrogen and oxygen atoms in total. The van der Waals surface area contributed by atoms with Gasteiger partial charge in [-0.15, -0.1) is 0 Å². The quantitative estimate of drug-likeness (QED) is 0.505. The number of fused-ring (bicyclic) bond motifs is 1. The Hall–Kier alpha value is -2.43. The van der Waals surface area contributed by atoms with Crippen LogP contribution in [0.1, 0.15) is 15.9 Å². The third kappa shape index (κ3) is 1.30. The van der Waals surface area contributed by atoms with Crippen LogP contribution in [-0.4, -0.2) is 11.7 Å². The van der Waals surface area contributed by atoms with Crippen LogP contribution in [0.3, 0.4) is 0 Å². The van der Waals surface area contributed by atoms with Gasteiger partial charge in [-0.25, -0.2) is 5.87 Å². The highest BCUT2D eigenvalue weighted by molar-refractivity contribution is 6.20. The monoisotopic (exact) mass is 193 g/mol. The lowest BCUT2D eigenvalue weighted by Crippen LogP contribution is -1.90. The van der Waals surface area contributed by atoms with Gasteiger partial charge >= 0.3 is 0 Å². The summed E-state index contributed by atoms with van der Waals surface area (Å²) in [6.07, 6.45) is 1.34. The van der Waals surface area contributed by atoms with E-state index in [0.29, 0.717) is 16.7 Å². The molecule has 70 valence electrons. The van der Waals surface area contributed by atoms with E-state index in [4.69, 9.17) is 10.7 Å². The van der Waals surface area contributed by atoms with E-state index in [1.807, 2.05) is 0 Å². The third-order valence-corrected chi connectivity index (χ3v) is 2.25. The Kier molecular flexibility index (Phi) is 2.06. The van der Waals surface area contributed by atoms with Crippen LogP contribution in [0.15, 0.2) is 35.9 Å². The number of rotatable bonds is 1. The van der Waals surface area contributed by atoms with Gasteiger partial charge in [-0.1, -0.05) is 24.3 Å². The number of hydrogen-bond acceptors (Lipinski definition) is 2. The van der Waals surface area contributed by atoms with Crippen molar-refractivity contribution in [1.82, 2.24) is 0 Å². The molecule has 2 rings (SSSR count). The van der Waals surface area contributed by atoms with Crippen LogP contribution < -0.4 is 0 Å². The number of ketones is 1. The lowest BCUT2D eigenvalue weighted by atomic mass is 10.0. The summed E-state index contributed by atoms with van der Waals surface area (Å²) in [5.41, 5.74) is 1.63. The zero-order valence-electron chi connectivity index (χ0n) is 7.69. The maximum absolute atomic E-state index is 11.5. The molecule has 0 atom stereocenters. The van der Waals surface area contributed by atoms with Gasteiger partial charge in [-0.3, -0.25) is 4.79 Å². The standard InChI is InChI=1S/C12H5N2O/c13-6-8(7-14)11-5-12(15)10-4-2-1-3-9(10)11/h1-5H/q-1. The topological polar surface area (TPSA) is 63.2 Å². The molecular weight excluding hydrogens is 188 g/mol. The van der Waals surface area contributed by atoms with E-state index in [0.717, 1.165) is 0 Å². The van der Waals surface area contributed by atoms with Gasteiger partial charge in [-0.2, -0.15) is 5.26 Å². The maximum atomic E-state index is 11.5. The van der Waals surface area contributed by atoms with Crippen molar-refractivity contribution in [3.8, 4) is 6.07 Å². The number of carbonyl (C=O) groups is 1. The Labute approximate surface area is 86.5 Å². The fraction of sp³-hybridized carbons (Fsp3) is 0. The van der Waals surface area contributed by atoms with Crippen molar-refractivity contribution in [3.05, 3.63) is 52.5 Å². The minimum absolute atomic E-state index is 0.0201. The van der Waals surface area contributed by atoms with E-state index in [1.54, 1.807) is 36.2 Å². The highest BCUT2D eigenvalue weighted by atomic mass is 16.1. The van der Waals surface area contributed by atoms with E-state index < -0.39 is 0 Å². The maximum Gasteiger partial charge on any atom is 0.187 e. The van der Waals surface area contributed by atoms with Crippen LogP contribution in [0, 0.1) is 11.3 Å². The Bertz CT molecular complexity index is 570. The number of nitriles is 1. The van der Waals surface area contributed by atoms with Crippen molar-refractivity contribution in [2.45, 2.75) is 0 Å². The second-order valence-electron chi connectivity index (χ2n) is 3.07. The Morgan fingerprint density at radius 3 is 2.53 bits per heavy atom. The number of nitrogens with zero attached hydrogens (tertiary/aromatic N) is 2. The number of hydrogen-bond donors (Lipinski definition) is 0. The minimum Gasteiger partial charge on any atom is -0.762 e. The third-order valence-electron chi connectivity index (χ3n) is 2.25. The van der Waals surface area contributed by atoms with Crippen molar-refractivity contribution < 1.29 is 4.79 Å². The summed E-state index contributed by atoms with van der Waals surface area (Å²) in [6.45, 7) is 0. The lowest BCUT2D eigenvalue weighted by Gasteiger charge is -2.01. The van der Waals surface area contributed by atoms with Gasteiger partial charge < -0.3 is 5.41 Å². The van der Waals surface area contributed by atoms with Gasteiger partial charge in [0.1, 0.15) is 6.07 Å². The van der Waals surface area contributed by atoms with Gasteiger partial charge in [0.15, 0.2) is 5.78 Å². The second-order valence-corrected chi connectivity index (χ2v) is 3.07. The van der Waals surface area contributed by atoms with Gasteiger partial charge in [-0.05, 0) is 11.6 Å². The normalized spacial score (nSPS) is 12.5. The summed E-state index contributed by atoms with van der Waals surface area (Å²) in [5, 5.41) is 17.5. The van der Waals surface area contributed by atoms with Crippen molar-refractivity contribution >= 4 is 17.2 Å². The summed E-state index contributed by atoms with van der Waals surface area (Å²) < 4.78 is 0. The van der Waals surface area contributed by atoms with Crippen molar-refractivity contribution in [2.24, 2.45) is 0 Å². The number of allylic oxidation sites excluding steroid dienone is 3. The summed E-state index contributed by atoms with van der Waals surface area (Å²) in [5.74, 6) is 1.64. The first-order valence-electron chi connectivity index (χ1n) is 4.31. The number of carbonyl (C=O) groups excluding carboxylic acids is 1. The molecule has 0 amide bonds. The fourth-order valence-electron chi connectivity index (χ4n) is 1.57. The molecule has 0 aromatic heterocycles. The number of benzene rings is 1. The molecule has 0 bridgehead atoms. The van der Waals surface area contributed by atoms with E-state index in [1.165, 1.54) is 6.08 Å².